The van der Waals surface area contributed by atoms with Gasteiger partial charge in [-0.3, -0.25) is 4.79 Å². The van der Waals surface area contributed by atoms with Crippen LogP contribution in [0, 0.1) is 0 Å². The SMILES string of the molecule is NCCC(=O)c1cnc(N2CCOCC2)s1. The minimum atomic E-state index is 0.0829. The van der Waals surface area contributed by atoms with Gasteiger partial charge in [-0.05, 0) is 6.54 Å². The van der Waals surface area contributed by atoms with Crippen molar-refractivity contribution in [2.75, 3.05) is 37.7 Å². The first-order valence-electron chi connectivity index (χ1n) is 5.33. The maximum Gasteiger partial charge on any atom is 0.186 e. The zero-order valence-electron chi connectivity index (χ0n) is 9.02. The number of aromatic nitrogens is 1. The van der Waals surface area contributed by atoms with Gasteiger partial charge in [0.1, 0.15) is 0 Å². The normalized spacial score (nSPS) is 16.4. The van der Waals surface area contributed by atoms with Crippen LogP contribution >= 0.6 is 11.3 Å². The highest BCUT2D eigenvalue weighted by Gasteiger charge is 2.16. The van der Waals surface area contributed by atoms with E-state index in [9.17, 15) is 4.79 Å². The number of ketones is 1. The van der Waals surface area contributed by atoms with Gasteiger partial charge in [0.15, 0.2) is 10.9 Å². The van der Waals surface area contributed by atoms with E-state index in [0.717, 1.165) is 31.4 Å². The fourth-order valence-corrected chi connectivity index (χ4v) is 2.48. The summed E-state index contributed by atoms with van der Waals surface area (Å²) in [5.74, 6) is 0.0829. The lowest BCUT2D eigenvalue weighted by atomic mass is 10.2. The van der Waals surface area contributed by atoms with E-state index in [4.69, 9.17) is 10.5 Å². The Morgan fingerprint density at radius 1 is 1.56 bits per heavy atom. The second kappa shape index (κ2) is 5.38. The summed E-state index contributed by atoms with van der Waals surface area (Å²) in [5.41, 5.74) is 5.35. The van der Waals surface area contributed by atoms with Crippen LogP contribution in [0.1, 0.15) is 16.1 Å². The van der Waals surface area contributed by atoms with Gasteiger partial charge >= 0.3 is 0 Å². The number of anilines is 1. The Morgan fingerprint density at radius 2 is 2.31 bits per heavy atom. The number of nitrogens with two attached hydrogens (primary N) is 1. The number of thiazole rings is 1. The van der Waals surface area contributed by atoms with Crippen molar-refractivity contribution in [1.82, 2.24) is 4.98 Å². The van der Waals surface area contributed by atoms with Crippen LogP contribution in [0.2, 0.25) is 0 Å². The van der Waals surface area contributed by atoms with Crippen molar-refractivity contribution in [2.45, 2.75) is 6.42 Å². The first-order chi connectivity index (χ1) is 7.81. The average molecular weight is 241 g/mol. The molecule has 16 heavy (non-hydrogen) atoms. The van der Waals surface area contributed by atoms with Crippen LogP contribution in [0.3, 0.4) is 0 Å². The summed E-state index contributed by atoms with van der Waals surface area (Å²) in [6.45, 7) is 3.54. The Balaban J connectivity index is 2.03. The van der Waals surface area contributed by atoms with Gasteiger partial charge < -0.3 is 15.4 Å². The van der Waals surface area contributed by atoms with E-state index in [1.807, 2.05) is 0 Å². The lowest BCUT2D eigenvalue weighted by Crippen LogP contribution is -2.36. The highest BCUT2D eigenvalue weighted by molar-refractivity contribution is 7.17. The van der Waals surface area contributed by atoms with Gasteiger partial charge in [-0.2, -0.15) is 0 Å². The highest BCUT2D eigenvalue weighted by atomic mass is 32.1. The van der Waals surface area contributed by atoms with Crippen molar-refractivity contribution in [3.05, 3.63) is 11.1 Å². The summed E-state index contributed by atoms with van der Waals surface area (Å²) in [6, 6.07) is 0. The third kappa shape index (κ3) is 2.58. The van der Waals surface area contributed by atoms with Crippen LogP contribution in [0.25, 0.3) is 0 Å². The average Bonchev–Trinajstić information content (AvgIpc) is 2.80. The van der Waals surface area contributed by atoms with Gasteiger partial charge in [-0.25, -0.2) is 4.98 Å². The lowest BCUT2D eigenvalue weighted by molar-refractivity contribution is 0.0989. The molecule has 0 aliphatic carbocycles. The van der Waals surface area contributed by atoms with Crippen LogP contribution in [-0.2, 0) is 4.74 Å². The predicted molar refractivity (Wildman–Crippen MR) is 63.1 cm³/mol. The molecule has 2 N–H and O–H groups in total. The van der Waals surface area contributed by atoms with Gasteiger partial charge in [0, 0.05) is 19.5 Å². The quantitative estimate of drug-likeness (QED) is 0.778. The first kappa shape index (κ1) is 11.5. The molecule has 2 rings (SSSR count). The fourth-order valence-electron chi connectivity index (χ4n) is 1.55. The van der Waals surface area contributed by atoms with Crippen molar-refractivity contribution >= 4 is 22.3 Å². The molecule has 1 saturated heterocycles. The number of carbonyl (C=O) groups is 1. The number of Topliss-reactive ketones (excluding diaryl/α,β-unsaturated/α-hetero) is 1. The second-order valence-corrected chi connectivity index (χ2v) is 4.58. The predicted octanol–water partition coefficient (Wildman–Crippen LogP) is 0.511. The molecule has 0 radical (unpaired) electrons. The summed E-state index contributed by atoms with van der Waals surface area (Å²) in [6.07, 6.45) is 2.04. The maximum atomic E-state index is 11.6. The molecule has 88 valence electrons. The van der Waals surface area contributed by atoms with Gasteiger partial charge in [0.05, 0.1) is 24.3 Å². The number of hydrogen-bond acceptors (Lipinski definition) is 6. The van der Waals surface area contributed by atoms with E-state index in [-0.39, 0.29) is 5.78 Å². The number of rotatable bonds is 4. The summed E-state index contributed by atoms with van der Waals surface area (Å²) >= 11 is 1.44. The summed E-state index contributed by atoms with van der Waals surface area (Å²) in [7, 11) is 0. The summed E-state index contributed by atoms with van der Waals surface area (Å²) < 4.78 is 5.27. The molecular formula is C10H15N3O2S. The van der Waals surface area contributed by atoms with Crippen molar-refractivity contribution in [3.63, 3.8) is 0 Å². The third-order valence-electron chi connectivity index (χ3n) is 2.42. The van der Waals surface area contributed by atoms with E-state index < -0.39 is 0 Å². The Hall–Kier alpha value is -0.980. The van der Waals surface area contributed by atoms with Crippen LogP contribution < -0.4 is 10.6 Å². The molecule has 1 fully saturated rings. The number of carbonyl (C=O) groups excluding carboxylic acids is 1. The Bertz CT molecular complexity index is 361. The zero-order valence-corrected chi connectivity index (χ0v) is 9.83. The summed E-state index contributed by atoms with van der Waals surface area (Å²) in [4.78, 5) is 18.7. The van der Waals surface area contributed by atoms with Crippen molar-refractivity contribution in [1.29, 1.82) is 0 Å². The van der Waals surface area contributed by atoms with Crippen molar-refractivity contribution < 1.29 is 9.53 Å². The Labute approximate surface area is 98.2 Å². The number of ether oxygens (including phenoxy) is 1. The molecule has 2 heterocycles. The van der Waals surface area contributed by atoms with Crippen LogP contribution in [-0.4, -0.2) is 43.6 Å². The molecule has 1 aliphatic heterocycles. The van der Waals surface area contributed by atoms with Crippen LogP contribution in [0.4, 0.5) is 5.13 Å². The molecule has 0 bridgehead atoms. The topological polar surface area (TPSA) is 68.5 Å². The maximum absolute atomic E-state index is 11.6. The van der Waals surface area contributed by atoms with E-state index in [2.05, 4.69) is 9.88 Å². The van der Waals surface area contributed by atoms with Crippen molar-refractivity contribution in [3.8, 4) is 0 Å². The molecule has 0 aromatic carbocycles. The Kier molecular flexibility index (Phi) is 3.87. The Morgan fingerprint density at radius 3 is 3.00 bits per heavy atom. The minimum Gasteiger partial charge on any atom is -0.378 e. The molecule has 0 spiro atoms. The smallest absolute Gasteiger partial charge is 0.186 e. The monoisotopic (exact) mass is 241 g/mol. The number of nitrogens with zero attached hydrogens (tertiary/aromatic N) is 2. The van der Waals surface area contributed by atoms with Crippen molar-refractivity contribution in [2.24, 2.45) is 5.73 Å². The summed E-state index contributed by atoms with van der Waals surface area (Å²) in [5, 5.41) is 0.906. The zero-order chi connectivity index (χ0) is 11.4. The minimum absolute atomic E-state index is 0.0829. The molecular weight excluding hydrogens is 226 g/mol. The van der Waals surface area contributed by atoms with E-state index in [0.29, 0.717) is 17.8 Å². The molecule has 1 aromatic rings. The van der Waals surface area contributed by atoms with E-state index in [1.54, 1.807) is 6.20 Å². The highest BCUT2D eigenvalue weighted by Crippen LogP contribution is 2.24. The lowest BCUT2D eigenvalue weighted by Gasteiger charge is -2.25. The molecule has 0 saturated carbocycles. The molecule has 0 unspecified atom stereocenters. The van der Waals surface area contributed by atoms with Gasteiger partial charge in [0.2, 0.25) is 0 Å². The third-order valence-corrected chi connectivity index (χ3v) is 3.52. The molecule has 0 atom stereocenters. The number of morpholine rings is 1. The largest absolute Gasteiger partial charge is 0.378 e. The van der Waals surface area contributed by atoms with Gasteiger partial charge in [0.25, 0.3) is 0 Å². The molecule has 6 heteroatoms. The molecule has 5 nitrogen and oxygen atoms in total. The van der Waals surface area contributed by atoms with Crippen LogP contribution in [0.5, 0.6) is 0 Å². The number of hydrogen-bond donors (Lipinski definition) is 1. The van der Waals surface area contributed by atoms with E-state index >= 15 is 0 Å². The second-order valence-electron chi connectivity index (χ2n) is 3.57. The molecule has 0 amide bonds. The van der Waals surface area contributed by atoms with Gasteiger partial charge in [-0.15, -0.1) is 0 Å². The molecule has 1 aromatic heterocycles. The fraction of sp³-hybridized carbons (Fsp3) is 0.600. The van der Waals surface area contributed by atoms with E-state index in [1.165, 1.54) is 11.3 Å². The van der Waals surface area contributed by atoms with Gasteiger partial charge in [-0.1, -0.05) is 11.3 Å². The standard InChI is InChI=1S/C10H15N3O2S/c11-2-1-8(14)9-7-12-10(16-9)13-3-5-15-6-4-13/h7H,1-6,11H2. The molecule has 1 aliphatic rings. The van der Waals surface area contributed by atoms with Crippen LogP contribution in [0.15, 0.2) is 6.20 Å². The first-order valence-corrected chi connectivity index (χ1v) is 6.14.